The summed E-state index contributed by atoms with van der Waals surface area (Å²) in [4.78, 5) is 72.5. The number of phosphoric acid groups is 2. The van der Waals surface area contributed by atoms with Gasteiger partial charge in [-0.15, -0.1) is 0 Å². The molecule has 3 N–H and O–H groups in total. The summed E-state index contributed by atoms with van der Waals surface area (Å²) in [5, 5.41) is 10.6. The van der Waals surface area contributed by atoms with Crippen LogP contribution in [0.15, 0.2) is 0 Å². The van der Waals surface area contributed by atoms with Crippen LogP contribution in [0, 0.1) is 0 Å². The number of rotatable bonds is 75. The molecule has 0 aliphatic rings. The minimum Gasteiger partial charge on any atom is -0.462 e. The van der Waals surface area contributed by atoms with E-state index in [-0.39, 0.29) is 25.7 Å². The molecule has 0 aliphatic heterocycles. The summed E-state index contributed by atoms with van der Waals surface area (Å²) in [6.45, 7) is 4.93. The summed E-state index contributed by atoms with van der Waals surface area (Å²) in [6.07, 6.45) is 58.4. The molecular formula is C74H144O17P2. The van der Waals surface area contributed by atoms with Crippen molar-refractivity contribution < 1.29 is 80.2 Å². The van der Waals surface area contributed by atoms with Gasteiger partial charge in [-0.25, -0.2) is 9.13 Å². The van der Waals surface area contributed by atoms with E-state index in [2.05, 4.69) is 27.7 Å². The lowest BCUT2D eigenvalue weighted by molar-refractivity contribution is -0.161. The Morgan fingerprint density at radius 3 is 0.634 bits per heavy atom. The van der Waals surface area contributed by atoms with Gasteiger partial charge in [0, 0.05) is 25.7 Å². The van der Waals surface area contributed by atoms with E-state index in [1.807, 2.05) is 0 Å². The predicted molar refractivity (Wildman–Crippen MR) is 377 cm³/mol. The number of unbranched alkanes of at least 4 members (excludes halogenated alkanes) is 49. The highest BCUT2D eigenvalue weighted by molar-refractivity contribution is 7.47. The molecule has 0 amide bonds. The Bertz CT molecular complexity index is 1770. The predicted octanol–water partition coefficient (Wildman–Crippen LogP) is 21.8. The molecule has 0 heterocycles. The highest BCUT2D eigenvalue weighted by Gasteiger charge is 2.30. The molecule has 2 unspecified atom stereocenters. The molecule has 0 saturated heterocycles. The van der Waals surface area contributed by atoms with Crippen LogP contribution >= 0.6 is 15.6 Å². The molecule has 0 radical (unpaired) electrons. The largest absolute Gasteiger partial charge is 0.472 e. The first-order chi connectivity index (χ1) is 45.2. The van der Waals surface area contributed by atoms with Gasteiger partial charge in [-0.2, -0.15) is 0 Å². The van der Waals surface area contributed by atoms with E-state index in [1.165, 1.54) is 218 Å². The Morgan fingerprint density at radius 1 is 0.258 bits per heavy atom. The van der Waals surface area contributed by atoms with Crippen molar-refractivity contribution in [3.8, 4) is 0 Å². The zero-order valence-corrected chi connectivity index (χ0v) is 62.0. The van der Waals surface area contributed by atoms with E-state index in [1.54, 1.807) is 0 Å². The maximum atomic E-state index is 13.1. The Balaban J connectivity index is 5.17. The average molecular weight is 1370 g/mol. The molecule has 0 aromatic rings. The van der Waals surface area contributed by atoms with Gasteiger partial charge in [0.1, 0.15) is 19.3 Å². The number of esters is 4. The molecule has 5 atom stereocenters. The molecule has 0 aromatic carbocycles. The van der Waals surface area contributed by atoms with E-state index < -0.39 is 97.5 Å². The van der Waals surface area contributed by atoms with Crippen LogP contribution in [0.3, 0.4) is 0 Å². The Morgan fingerprint density at radius 2 is 0.430 bits per heavy atom. The number of ether oxygens (including phenoxy) is 4. The van der Waals surface area contributed by atoms with Gasteiger partial charge >= 0.3 is 39.5 Å². The third kappa shape index (κ3) is 68.4. The van der Waals surface area contributed by atoms with Crippen LogP contribution in [0.25, 0.3) is 0 Å². The zero-order chi connectivity index (χ0) is 68.2. The van der Waals surface area contributed by atoms with Crippen LogP contribution in [0.1, 0.15) is 394 Å². The number of phosphoric ester groups is 2. The Labute approximate surface area is 568 Å². The standard InChI is InChI=1S/C74H144O17P2/c1-5-9-13-17-21-25-27-29-31-33-34-36-38-40-42-45-49-53-57-61-74(79)91-70(65-85-72(77)59-55-51-47-44-41-39-37-35-32-30-28-26-22-18-14-10-6-2)67-89-93(82,83)87-63-68(75)62-86-92(80,81)88-66-69(64-84-71(76)58-54-50-46-24-20-16-12-8-4)90-73(78)60-56-52-48-43-23-19-15-11-7-3/h68-70,75H,5-67H2,1-4H3,(H,80,81)(H,82,83)/t68-,69+,70+/m0/s1. The van der Waals surface area contributed by atoms with Gasteiger partial charge in [0.05, 0.1) is 26.4 Å². The van der Waals surface area contributed by atoms with Crippen LogP contribution in [0.5, 0.6) is 0 Å². The van der Waals surface area contributed by atoms with Gasteiger partial charge in [-0.1, -0.05) is 342 Å². The number of hydrogen-bond donors (Lipinski definition) is 3. The second-order valence-electron chi connectivity index (χ2n) is 26.7. The average Bonchev–Trinajstić information content (AvgIpc) is 2.99. The zero-order valence-electron chi connectivity index (χ0n) is 60.2. The van der Waals surface area contributed by atoms with Crippen molar-refractivity contribution >= 4 is 39.5 Å². The second-order valence-corrected chi connectivity index (χ2v) is 29.6. The summed E-state index contributed by atoms with van der Waals surface area (Å²) >= 11 is 0. The van der Waals surface area contributed by atoms with Crippen molar-refractivity contribution in [1.29, 1.82) is 0 Å². The molecule has 0 aromatic heterocycles. The molecule has 0 aliphatic carbocycles. The lowest BCUT2D eigenvalue weighted by Crippen LogP contribution is -2.30. The molecule has 0 fully saturated rings. The van der Waals surface area contributed by atoms with Gasteiger partial charge in [-0.3, -0.25) is 37.3 Å². The summed E-state index contributed by atoms with van der Waals surface area (Å²) in [5.74, 6) is -2.12. The third-order valence-electron chi connectivity index (χ3n) is 17.4. The van der Waals surface area contributed by atoms with E-state index in [0.717, 1.165) is 96.3 Å². The summed E-state index contributed by atoms with van der Waals surface area (Å²) in [6, 6.07) is 0. The number of aliphatic hydroxyl groups is 1. The summed E-state index contributed by atoms with van der Waals surface area (Å²) < 4.78 is 68.3. The lowest BCUT2D eigenvalue weighted by atomic mass is 10.0. The van der Waals surface area contributed by atoms with Gasteiger partial charge < -0.3 is 33.8 Å². The van der Waals surface area contributed by atoms with Crippen molar-refractivity contribution in [1.82, 2.24) is 0 Å². The molecular weight excluding hydrogens is 1220 g/mol. The third-order valence-corrected chi connectivity index (χ3v) is 19.3. The van der Waals surface area contributed by atoms with Crippen LogP contribution < -0.4 is 0 Å². The normalized spacial score (nSPS) is 13.9. The first kappa shape index (κ1) is 91.1. The fourth-order valence-electron chi connectivity index (χ4n) is 11.4. The van der Waals surface area contributed by atoms with E-state index >= 15 is 0 Å². The lowest BCUT2D eigenvalue weighted by Gasteiger charge is -2.21. The number of carbonyl (C=O) groups excluding carboxylic acids is 4. The maximum Gasteiger partial charge on any atom is 0.472 e. The van der Waals surface area contributed by atoms with Crippen molar-refractivity contribution in [2.75, 3.05) is 39.6 Å². The van der Waals surface area contributed by atoms with Crippen molar-refractivity contribution in [2.24, 2.45) is 0 Å². The fourth-order valence-corrected chi connectivity index (χ4v) is 13.0. The smallest absolute Gasteiger partial charge is 0.462 e. The molecule has 93 heavy (non-hydrogen) atoms. The SMILES string of the molecule is CCCCCCCCCCCCCCCCCCCCCC(=O)O[C@H](COC(=O)CCCCCCCCCCCCCCCCCCC)COP(=O)(O)OC[C@@H](O)COP(=O)(O)OC[C@@H](COC(=O)CCCCCCCCCC)OC(=O)CCCCCCCCCCC. The number of carbonyl (C=O) groups is 4. The van der Waals surface area contributed by atoms with E-state index in [9.17, 15) is 43.2 Å². The monoisotopic (exact) mass is 1370 g/mol. The van der Waals surface area contributed by atoms with Crippen LogP contribution in [0.2, 0.25) is 0 Å². The quantitative estimate of drug-likeness (QED) is 0.0222. The van der Waals surface area contributed by atoms with Crippen LogP contribution in [-0.4, -0.2) is 96.7 Å². The Hall–Kier alpha value is -1.94. The van der Waals surface area contributed by atoms with E-state index in [0.29, 0.717) is 25.7 Å². The molecule has 17 nitrogen and oxygen atoms in total. The minimum atomic E-state index is -4.95. The first-order valence-corrected chi connectivity index (χ1v) is 41.8. The fraction of sp³-hybridized carbons (Fsp3) is 0.946. The van der Waals surface area contributed by atoms with Gasteiger partial charge in [-0.05, 0) is 25.7 Å². The molecule has 19 heteroatoms. The Kier molecular flexibility index (Phi) is 67.1. The maximum absolute atomic E-state index is 13.1. The van der Waals surface area contributed by atoms with E-state index in [4.69, 9.17) is 37.0 Å². The van der Waals surface area contributed by atoms with Crippen molar-refractivity contribution in [2.45, 2.75) is 412 Å². The molecule has 552 valence electrons. The molecule has 0 rings (SSSR count). The molecule has 0 bridgehead atoms. The highest BCUT2D eigenvalue weighted by Crippen LogP contribution is 2.45. The van der Waals surface area contributed by atoms with Gasteiger partial charge in [0.2, 0.25) is 0 Å². The first-order valence-electron chi connectivity index (χ1n) is 38.8. The van der Waals surface area contributed by atoms with Crippen molar-refractivity contribution in [3.63, 3.8) is 0 Å². The number of hydrogen-bond acceptors (Lipinski definition) is 15. The summed E-state index contributed by atoms with van der Waals surface area (Å²) in [5.41, 5.74) is 0. The second kappa shape index (κ2) is 68.6. The van der Waals surface area contributed by atoms with Crippen molar-refractivity contribution in [3.05, 3.63) is 0 Å². The van der Waals surface area contributed by atoms with Gasteiger partial charge in [0.15, 0.2) is 12.2 Å². The molecule has 0 spiro atoms. The van der Waals surface area contributed by atoms with Gasteiger partial charge in [0.25, 0.3) is 0 Å². The molecule has 0 saturated carbocycles. The summed E-state index contributed by atoms with van der Waals surface area (Å²) in [7, 11) is -9.90. The topological polar surface area (TPSA) is 237 Å². The number of aliphatic hydroxyl groups excluding tert-OH is 1. The van der Waals surface area contributed by atoms with Crippen LogP contribution in [0.4, 0.5) is 0 Å². The minimum absolute atomic E-state index is 0.106. The van der Waals surface area contributed by atoms with Crippen LogP contribution in [-0.2, 0) is 65.4 Å². The highest BCUT2D eigenvalue weighted by atomic mass is 31.2.